The van der Waals surface area contributed by atoms with Crippen molar-refractivity contribution in [1.29, 1.82) is 0 Å². The Bertz CT molecular complexity index is 85.9. The molecule has 5 nitrogen and oxygen atoms in total. The van der Waals surface area contributed by atoms with Gasteiger partial charge in [0.05, 0.1) is 25.4 Å². The van der Waals surface area contributed by atoms with Gasteiger partial charge < -0.3 is 26.2 Å². The maximum atomic E-state index is 8.34. The zero-order valence-corrected chi connectivity index (χ0v) is 8.11. The van der Waals surface area contributed by atoms with Crippen molar-refractivity contribution in [1.82, 2.24) is 0 Å². The van der Waals surface area contributed by atoms with Gasteiger partial charge in [-0.05, 0) is 6.42 Å². The molecular formula is C8H21NO4. The second-order valence-corrected chi connectivity index (χ2v) is 2.91. The molecule has 0 radical (unpaired) electrons. The molecule has 0 saturated heterocycles. The summed E-state index contributed by atoms with van der Waals surface area (Å²) in [6.07, 6.45) is 2.04. The summed E-state index contributed by atoms with van der Waals surface area (Å²) in [6.45, 7) is 1.19. The smallest absolute Gasteiger partial charge is 0.0856 e. The third-order valence-electron chi connectivity index (χ3n) is 1.46. The molecule has 0 aliphatic carbocycles. The normalized spacial score (nSPS) is 10.6. The molecule has 0 atom stereocenters. The third kappa shape index (κ3) is 9.72. The molecule has 0 aromatic rings. The minimum atomic E-state index is -1.21. The van der Waals surface area contributed by atoms with E-state index in [1.165, 1.54) is 0 Å². The zero-order chi connectivity index (χ0) is 10.7. The van der Waals surface area contributed by atoms with Gasteiger partial charge in [0.15, 0.2) is 0 Å². The number of rotatable bonds is 5. The molecule has 0 saturated carbocycles. The van der Waals surface area contributed by atoms with Crippen LogP contribution in [0.2, 0.25) is 0 Å². The molecule has 5 heteroatoms. The number of nitrogens with two attached hydrogens (primary N) is 1. The van der Waals surface area contributed by atoms with E-state index < -0.39 is 25.4 Å². The van der Waals surface area contributed by atoms with Gasteiger partial charge >= 0.3 is 0 Å². The predicted molar refractivity (Wildman–Crippen MR) is 50.2 cm³/mol. The van der Waals surface area contributed by atoms with Crippen molar-refractivity contribution in [2.45, 2.75) is 25.3 Å². The van der Waals surface area contributed by atoms with Crippen LogP contribution in [-0.4, -0.2) is 52.4 Å². The largest absolute Gasteiger partial charge is 0.396 e. The zero-order valence-electron chi connectivity index (χ0n) is 8.11. The van der Waals surface area contributed by atoms with Crippen LogP contribution in [0.4, 0.5) is 0 Å². The highest BCUT2D eigenvalue weighted by Crippen LogP contribution is 1.93. The maximum Gasteiger partial charge on any atom is 0.0856 e. The second-order valence-electron chi connectivity index (χ2n) is 2.91. The molecule has 0 aromatic heterocycles. The van der Waals surface area contributed by atoms with E-state index in [0.717, 1.165) is 12.8 Å². The van der Waals surface area contributed by atoms with Crippen LogP contribution in [0.5, 0.6) is 0 Å². The summed E-state index contributed by atoms with van der Waals surface area (Å²) >= 11 is 0. The van der Waals surface area contributed by atoms with Gasteiger partial charge in [0.2, 0.25) is 0 Å². The third-order valence-corrected chi connectivity index (χ3v) is 1.46. The molecule has 0 heterocycles. The van der Waals surface area contributed by atoms with E-state index in [1.54, 1.807) is 0 Å². The van der Waals surface area contributed by atoms with Gasteiger partial charge in [-0.1, -0.05) is 13.3 Å². The molecule has 0 aliphatic heterocycles. The fourth-order valence-corrected chi connectivity index (χ4v) is 0.308. The van der Waals surface area contributed by atoms with Crippen molar-refractivity contribution < 1.29 is 20.4 Å². The Morgan fingerprint density at radius 3 is 1.38 bits per heavy atom. The lowest BCUT2D eigenvalue weighted by Gasteiger charge is -2.20. The van der Waals surface area contributed by atoms with Crippen LogP contribution in [0.15, 0.2) is 0 Å². The number of aliphatic hydroxyl groups excluding tert-OH is 4. The van der Waals surface area contributed by atoms with Crippen LogP contribution in [0, 0.1) is 0 Å². The summed E-state index contributed by atoms with van der Waals surface area (Å²) in [5.41, 5.74) is 3.94. The molecule has 82 valence electrons. The van der Waals surface area contributed by atoms with Crippen molar-refractivity contribution >= 4 is 0 Å². The summed E-state index contributed by atoms with van der Waals surface area (Å²) in [5.74, 6) is 0. The first-order chi connectivity index (χ1) is 6.10. The summed E-state index contributed by atoms with van der Waals surface area (Å²) in [6, 6.07) is 0. The Labute approximate surface area is 78.8 Å². The van der Waals surface area contributed by atoms with Gasteiger partial charge in [-0.25, -0.2) is 0 Å². The van der Waals surface area contributed by atoms with Crippen LogP contribution >= 0.6 is 0 Å². The van der Waals surface area contributed by atoms with Gasteiger partial charge in [-0.15, -0.1) is 0 Å². The molecule has 0 spiro atoms. The summed E-state index contributed by atoms with van der Waals surface area (Å²) in [5, 5.41) is 33.1. The van der Waals surface area contributed by atoms with Crippen molar-refractivity contribution in [2.24, 2.45) is 5.73 Å². The van der Waals surface area contributed by atoms with E-state index in [4.69, 9.17) is 26.2 Å². The molecular weight excluding hydrogens is 174 g/mol. The molecule has 0 amide bonds. The molecule has 13 heavy (non-hydrogen) atoms. The lowest BCUT2D eigenvalue weighted by molar-refractivity contribution is 0.0698. The van der Waals surface area contributed by atoms with Gasteiger partial charge in [-0.3, -0.25) is 0 Å². The average Bonchev–Trinajstić information content (AvgIpc) is 2.19. The van der Waals surface area contributed by atoms with Crippen molar-refractivity contribution in [2.75, 3.05) is 26.4 Å². The summed E-state index contributed by atoms with van der Waals surface area (Å²) in [4.78, 5) is 0. The standard InChI is InChI=1S/C4H11NO3.C4H10O/c5-4(1-6,2-7)3-8;1-2-3-4-5/h6-8H,1-3,5H2;5H,2-4H2,1H3. The van der Waals surface area contributed by atoms with Gasteiger partial charge in [0.25, 0.3) is 0 Å². The molecule has 0 bridgehead atoms. The molecule has 0 aromatic carbocycles. The highest BCUT2D eigenvalue weighted by atomic mass is 16.3. The minimum absolute atomic E-state index is 0.344. The number of hydrogen-bond donors (Lipinski definition) is 5. The van der Waals surface area contributed by atoms with Crippen molar-refractivity contribution in [3.8, 4) is 0 Å². The summed E-state index contributed by atoms with van der Waals surface area (Å²) < 4.78 is 0. The van der Waals surface area contributed by atoms with Crippen LogP contribution < -0.4 is 5.73 Å². The lowest BCUT2D eigenvalue weighted by Crippen LogP contribution is -2.50. The Morgan fingerprint density at radius 1 is 1.00 bits per heavy atom. The van der Waals surface area contributed by atoms with Crippen LogP contribution in [-0.2, 0) is 0 Å². The molecule has 6 N–H and O–H groups in total. The SMILES string of the molecule is CCCCO.NC(CO)(CO)CO. The number of aliphatic hydroxyl groups is 4. The predicted octanol–water partition coefficient (Wildman–Crippen LogP) is -1.56. The van der Waals surface area contributed by atoms with E-state index in [2.05, 4.69) is 6.92 Å². The highest BCUT2D eigenvalue weighted by molar-refractivity contribution is 4.80. The molecule has 0 rings (SSSR count). The maximum absolute atomic E-state index is 8.34. The van der Waals surface area contributed by atoms with E-state index in [-0.39, 0.29) is 0 Å². The molecule has 0 unspecified atom stereocenters. The van der Waals surface area contributed by atoms with E-state index >= 15 is 0 Å². The number of unbranched alkanes of at least 4 members (excludes halogenated alkanes) is 1. The first-order valence-electron chi connectivity index (χ1n) is 4.32. The average molecular weight is 195 g/mol. The van der Waals surface area contributed by atoms with Crippen molar-refractivity contribution in [3.05, 3.63) is 0 Å². The van der Waals surface area contributed by atoms with Gasteiger partial charge in [0, 0.05) is 6.61 Å². The highest BCUT2D eigenvalue weighted by Gasteiger charge is 2.20. The van der Waals surface area contributed by atoms with E-state index in [0.29, 0.717) is 6.61 Å². The Balaban J connectivity index is 0. The quantitative estimate of drug-likeness (QED) is 0.365. The van der Waals surface area contributed by atoms with E-state index in [9.17, 15) is 0 Å². The molecule has 0 aliphatic rings. The first kappa shape index (κ1) is 15.3. The monoisotopic (exact) mass is 195 g/mol. The van der Waals surface area contributed by atoms with Gasteiger partial charge in [0.1, 0.15) is 0 Å². The van der Waals surface area contributed by atoms with E-state index in [1.807, 2.05) is 0 Å². The van der Waals surface area contributed by atoms with Crippen LogP contribution in [0.25, 0.3) is 0 Å². The Kier molecular flexibility index (Phi) is 11.6. The molecule has 0 fully saturated rings. The van der Waals surface area contributed by atoms with Crippen LogP contribution in [0.1, 0.15) is 19.8 Å². The van der Waals surface area contributed by atoms with Gasteiger partial charge in [-0.2, -0.15) is 0 Å². The Morgan fingerprint density at radius 2 is 1.38 bits per heavy atom. The fourth-order valence-electron chi connectivity index (χ4n) is 0.308. The second kappa shape index (κ2) is 9.88. The number of hydrogen-bond acceptors (Lipinski definition) is 5. The Hall–Kier alpha value is -0.200. The summed E-state index contributed by atoms with van der Waals surface area (Å²) in [7, 11) is 0. The van der Waals surface area contributed by atoms with Crippen LogP contribution in [0.3, 0.4) is 0 Å². The van der Waals surface area contributed by atoms with Crippen molar-refractivity contribution in [3.63, 3.8) is 0 Å². The fraction of sp³-hybridized carbons (Fsp3) is 1.00. The minimum Gasteiger partial charge on any atom is -0.396 e. The topological polar surface area (TPSA) is 107 Å². The first-order valence-corrected chi connectivity index (χ1v) is 4.32. The lowest BCUT2D eigenvalue weighted by atomic mass is 10.1.